The highest BCUT2D eigenvalue weighted by atomic mass is 19.3. The molecule has 0 aromatic carbocycles. The van der Waals surface area contributed by atoms with Crippen molar-refractivity contribution in [3.63, 3.8) is 0 Å². The van der Waals surface area contributed by atoms with Crippen LogP contribution in [0.5, 0.6) is 0 Å². The quantitative estimate of drug-likeness (QED) is 0.709. The number of hydrogen-bond acceptors (Lipinski definition) is 2. The van der Waals surface area contributed by atoms with Crippen molar-refractivity contribution in [1.82, 2.24) is 4.90 Å². The molecule has 2 N–H and O–H groups in total. The van der Waals surface area contributed by atoms with Gasteiger partial charge in [-0.3, -0.25) is 4.79 Å². The molecule has 0 fully saturated rings. The minimum Gasteiger partial charge on any atom is -0.335 e. The van der Waals surface area contributed by atoms with Crippen molar-refractivity contribution in [1.29, 1.82) is 0 Å². The predicted octanol–water partition coefficient (Wildman–Crippen LogP) is 1.48. The summed E-state index contributed by atoms with van der Waals surface area (Å²) in [7, 11) is 0. The van der Waals surface area contributed by atoms with E-state index in [0.717, 1.165) is 17.7 Å². The number of nitrogens with zero attached hydrogens (tertiary/aromatic N) is 1. The van der Waals surface area contributed by atoms with Gasteiger partial charge in [-0.25, -0.2) is 8.78 Å². The molecule has 1 atom stereocenters. The first kappa shape index (κ1) is 14.3. The Labute approximate surface area is 89.6 Å². The smallest absolute Gasteiger partial charge is 0.255 e. The van der Waals surface area contributed by atoms with E-state index >= 15 is 0 Å². The summed E-state index contributed by atoms with van der Waals surface area (Å²) in [6.07, 6.45) is -0.893. The average molecular weight is 222 g/mol. The second-order valence-electron chi connectivity index (χ2n) is 3.65. The molecule has 0 saturated carbocycles. The van der Waals surface area contributed by atoms with Crippen LogP contribution in [0.4, 0.5) is 8.78 Å². The topological polar surface area (TPSA) is 46.3 Å². The zero-order chi connectivity index (χ0) is 11.8. The standard InChI is InChI=1S/C10H20F2N2O/c1-3-4-8(2)10(15)14(6-5-13)7-9(11)12/h8-9H,3-7,13H2,1-2H3. The lowest BCUT2D eigenvalue weighted by Gasteiger charge is -2.24. The van der Waals surface area contributed by atoms with Gasteiger partial charge >= 0.3 is 0 Å². The number of hydrogen-bond donors (Lipinski definition) is 1. The van der Waals surface area contributed by atoms with E-state index in [1.807, 2.05) is 6.92 Å². The van der Waals surface area contributed by atoms with Crippen LogP contribution in [0.3, 0.4) is 0 Å². The number of alkyl halides is 2. The molecule has 5 heteroatoms. The van der Waals surface area contributed by atoms with Crippen LogP contribution in [0.1, 0.15) is 26.7 Å². The van der Waals surface area contributed by atoms with E-state index in [4.69, 9.17) is 5.73 Å². The molecule has 0 radical (unpaired) electrons. The van der Waals surface area contributed by atoms with Gasteiger partial charge in [0.2, 0.25) is 5.91 Å². The van der Waals surface area contributed by atoms with Gasteiger partial charge in [0, 0.05) is 19.0 Å². The number of rotatable bonds is 7. The number of halogens is 2. The number of carbonyl (C=O) groups is 1. The van der Waals surface area contributed by atoms with Crippen LogP contribution in [-0.4, -0.2) is 36.9 Å². The van der Waals surface area contributed by atoms with Gasteiger partial charge in [-0.05, 0) is 6.42 Å². The maximum atomic E-state index is 12.2. The van der Waals surface area contributed by atoms with Crippen LogP contribution in [0.15, 0.2) is 0 Å². The van der Waals surface area contributed by atoms with Crippen LogP contribution in [0.2, 0.25) is 0 Å². The molecule has 0 aliphatic carbocycles. The Balaban J connectivity index is 4.26. The largest absolute Gasteiger partial charge is 0.335 e. The summed E-state index contributed by atoms with van der Waals surface area (Å²) in [5.74, 6) is -0.414. The summed E-state index contributed by atoms with van der Waals surface area (Å²) >= 11 is 0. The molecule has 0 aromatic rings. The van der Waals surface area contributed by atoms with Crippen molar-refractivity contribution in [3.8, 4) is 0 Å². The van der Waals surface area contributed by atoms with Crippen molar-refractivity contribution < 1.29 is 13.6 Å². The lowest BCUT2D eigenvalue weighted by atomic mass is 10.0. The first-order valence-corrected chi connectivity index (χ1v) is 5.29. The van der Waals surface area contributed by atoms with Gasteiger partial charge in [-0.15, -0.1) is 0 Å². The van der Waals surface area contributed by atoms with E-state index in [0.29, 0.717) is 0 Å². The third kappa shape index (κ3) is 5.67. The average Bonchev–Trinajstić information content (AvgIpc) is 2.16. The summed E-state index contributed by atoms with van der Waals surface area (Å²) in [4.78, 5) is 12.9. The molecule has 0 aliphatic rings. The van der Waals surface area contributed by atoms with Gasteiger partial charge in [0.05, 0.1) is 6.54 Å². The Morgan fingerprint density at radius 3 is 2.47 bits per heavy atom. The third-order valence-electron chi connectivity index (χ3n) is 2.21. The molecule has 0 heterocycles. The maximum absolute atomic E-state index is 12.2. The van der Waals surface area contributed by atoms with Crippen molar-refractivity contribution in [3.05, 3.63) is 0 Å². The summed E-state index contributed by atoms with van der Waals surface area (Å²) in [5, 5.41) is 0. The van der Waals surface area contributed by atoms with E-state index in [1.54, 1.807) is 6.92 Å². The van der Waals surface area contributed by atoms with E-state index < -0.39 is 13.0 Å². The summed E-state index contributed by atoms with van der Waals surface area (Å²) in [6.45, 7) is 3.64. The zero-order valence-corrected chi connectivity index (χ0v) is 9.38. The molecule has 15 heavy (non-hydrogen) atoms. The number of amides is 1. The normalized spacial score (nSPS) is 12.9. The molecule has 90 valence electrons. The van der Waals surface area contributed by atoms with Crippen molar-refractivity contribution in [2.45, 2.75) is 33.1 Å². The molecule has 1 unspecified atom stereocenters. The molecule has 0 spiro atoms. The Morgan fingerprint density at radius 2 is 2.07 bits per heavy atom. The van der Waals surface area contributed by atoms with E-state index in [-0.39, 0.29) is 24.9 Å². The van der Waals surface area contributed by atoms with Gasteiger partial charge < -0.3 is 10.6 Å². The van der Waals surface area contributed by atoms with Crippen LogP contribution in [0, 0.1) is 5.92 Å². The fourth-order valence-corrected chi connectivity index (χ4v) is 1.48. The van der Waals surface area contributed by atoms with Crippen molar-refractivity contribution in [2.75, 3.05) is 19.6 Å². The third-order valence-corrected chi connectivity index (χ3v) is 2.21. The van der Waals surface area contributed by atoms with Gasteiger partial charge in [-0.2, -0.15) is 0 Å². The van der Waals surface area contributed by atoms with Gasteiger partial charge in [0.1, 0.15) is 0 Å². The van der Waals surface area contributed by atoms with E-state index in [1.165, 1.54) is 0 Å². The first-order valence-electron chi connectivity index (χ1n) is 5.29. The minimum atomic E-state index is -2.49. The lowest BCUT2D eigenvalue weighted by molar-refractivity contribution is -0.137. The van der Waals surface area contributed by atoms with Crippen molar-refractivity contribution in [2.24, 2.45) is 11.7 Å². The molecule has 3 nitrogen and oxygen atoms in total. The second kappa shape index (κ2) is 7.56. The molecule has 1 amide bonds. The summed E-state index contributed by atoms with van der Waals surface area (Å²) < 4.78 is 24.4. The molecule has 0 aliphatic heterocycles. The Kier molecular flexibility index (Phi) is 7.21. The van der Waals surface area contributed by atoms with E-state index in [9.17, 15) is 13.6 Å². The summed E-state index contributed by atoms with van der Waals surface area (Å²) in [6, 6.07) is 0. The lowest BCUT2D eigenvalue weighted by Crippen LogP contribution is -2.41. The van der Waals surface area contributed by atoms with Crippen LogP contribution in [0.25, 0.3) is 0 Å². The highest BCUT2D eigenvalue weighted by Gasteiger charge is 2.21. The van der Waals surface area contributed by atoms with Gasteiger partial charge in [0.15, 0.2) is 0 Å². The van der Waals surface area contributed by atoms with Gasteiger partial charge in [0.25, 0.3) is 6.43 Å². The zero-order valence-electron chi connectivity index (χ0n) is 9.38. The number of nitrogens with two attached hydrogens (primary N) is 1. The predicted molar refractivity (Wildman–Crippen MR) is 55.7 cm³/mol. The molecule has 0 bridgehead atoms. The molecular weight excluding hydrogens is 202 g/mol. The minimum absolute atomic E-state index is 0.194. The molecule has 0 rings (SSSR count). The molecule has 0 aromatic heterocycles. The summed E-state index contributed by atoms with van der Waals surface area (Å²) in [5.41, 5.74) is 5.28. The molecule has 0 saturated heterocycles. The maximum Gasteiger partial charge on any atom is 0.255 e. The monoisotopic (exact) mass is 222 g/mol. The second-order valence-corrected chi connectivity index (χ2v) is 3.65. The SMILES string of the molecule is CCCC(C)C(=O)N(CCN)CC(F)F. The van der Waals surface area contributed by atoms with Crippen LogP contribution < -0.4 is 5.73 Å². The van der Waals surface area contributed by atoms with Crippen LogP contribution >= 0.6 is 0 Å². The fraction of sp³-hybridized carbons (Fsp3) is 0.900. The Hall–Kier alpha value is -0.710. The fourth-order valence-electron chi connectivity index (χ4n) is 1.48. The first-order chi connectivity index (χ1) is 7.02. The highest BCUT2D eigenvalue weighted by molar-refractivity contribution is 5.78. The highest BCUT2D eigenvalue weighted by Crippen LogP contribution is 2.10. The Bertz CT molecular complexity index is 188. The number of carbonyl (C=O) groups excluding carboxylic acids is 1. The Morgan fingerprint density at radius 1 is 1.47 bits per heavy atom. The molecular formula is C10H20F2N2O. The van der Waals surface area contributed by atoms with Gasteiger partial charge in [-0.1, -0.05) is 20.3 Å². The van der Waals surface area contributed by atoms with Crippen LogP contribution in [-0.2, 0) is 4.79 Å². The van der Waals surface area contributed by atoms with E-state index in [2.05, 4.69) is 0 Å². The van der Waals surface area contributed by atoms with Crippen molar-refractivity contribution >= 4 is 5.91 Å².